The molecule has 0 fully saturated rings. The Bertz CT molecular complexity index is 1120. The zero-order valence-electron chi connectivity index (χ0n) is 15.1. The highest BCUT2D eigenvalue weighted by atomic mass is 16.2. The Kier molecular flexibility index (Phi) is 3.77. The molecule has 1 aliphatic carbocycles. The molecule has 132 valence electrons. The lowest BCUT2D eigenvalue weighted by atomic mass is 9.81. The lowest BCUT2D eigenvalue weighted by molar-refractivity contribution is 0.0815. The summed E-state index contributed by atoms with van der Waals surface area (Å²) in [4.78, 5) is 25.7. The van der Waals surface area contributed by atoms with Crippen LogP contribution in [0.5, 0.6) is 0 Å². The fourth-order valence-electron chi connectivity index (χ4n) is 3.80. The molecule has 1 aliphatic rings. The molecule has 0 spiro atoms. The third-order valence-corrected chi connectivity index (χ3v) is 5.24. The number of carbonyl (C=O) groups excluding carboxylic acids is 2. The zero-order chi connectivity index (χ0) is 19.1. The largest absolute Gasteiger partial charge is 0.285 e. The Morgan fingerprint density at radius 1 is 0.357 bits per heavy atom. The van der Waals surface area contributed by atoms with Gasteiger partial charge in [-0.2, -0.15) is 0 Å². The second-order valence-electron chi connectivity index (χ2n) is 6.91. The summed E-state index contributed by atoms with van der Waals surface area (Å²) in [6, 6.07) is 31.3. The highest BCUT2D eigenvalue weighted by molar-refractivity contribution is 6.53. The summed E-state index contributed by atoms with van der Waals surface area (Å²) >= 11 is 0. The summed E-state index contributed by atoms with van der Waals surface area (Å²) in [5.74, 6) is -0.879. The van der Waals surface area contributed by atoms with Crippen molar-refractivity contribution in [3.8, 4) is 33.4 Å². The molecule has 0 aliphatic heterocycles. The van der Waals surface area contributed by atoms with Crippen LogP contribution in [0.1, 0.15) is 20.7 Å². The number of carbonyl (C=O) groups is 2. The maximum atomic E-state index is 12.9. The molecule has 4 aromatic rings. The summed E-state index contributed by atoms with van der Waals surface area (Å²) in [5, 5.41) is 0. The van der Waals surface area contributed by atoms with Gasteiger partial charge in [0, 0.05) is 11.1 Å². The van der Waals surface area contributed by atoms with Crippen LogP contribution < -0.4 is 0 Å². The molecule has 0 saturated heterocycles. The standard InChI is InChI=1S/C26H16O2/c27-25-23-15-19(17-7-3-1-4-8-17)11-13-21(23)22-14-12-20(16-24(22)26(25)28)18-9-5-2-6-10-18/h1-16H. The van der Waals surface area contributed by atoms with Crippen LogP contribution in [-0.4, -0.2) is 11.6 Å². The molecule has 0 saturated carbocycles. The number of hydrogen-bond donors (Lipinski definition) is 0. The van der Waals surface area contributed by atoms with Crippen LogP contribution in [0.15, 0.2) is 97.1 Å². The van der Waals surface area contributed by atoms with Crippen LogP contribution in [-0.2, 0) is 0 Å². The quantitative estimate of drug-likeness (QED) is 0.407. The average Bonchev–Trinajstić information content (AvgIpc) is 2.78. The summed E-state index contributed by atoms with van der Waals surface area (Å²) in [5.41, 5.74) is 6.51. The number of fused-ring (bicyclic) bond motifs is 3. The molecule has 0 N–H and O–H groups in total. The van der Waals surface area contributed by atoms with Crippen LogP contribution >= 0.6 is 0 Å². The third kappa shape index (κ3) is 2.58. The second kappa shape index (κ2) is 6.43. The lowest BCUT2D eigenvalue weighted by Crippen LogP contribution is -2.21. The minimum absolute atomic E-state index is 0.439. The highest BCUT2D eigenvalue weighted by Gasteiger charge is 2.30. The Morgan fingerprint density at radius 3 is 1.14 bits per heavy atom. The number of benzene rings is 4. The Morgan fingerprint density at radius 2 is 0.750 bits per heavy atom. The van der Waals surface area contributed by atoms with Gasteiger partial charge >= 0.3 is 0 Å². The summed E-state index contributed by atoms with van der Waals surface area (Å²) in [6.07, 6.45) is 0. The Labute approximate surface area is 163 Å². The summed E-state index contributed by atoms with van der Waals surface area (Å²) in [6.45, 7) is 0. The number of hydrogen-bond acceptors (Lipinski definition) is 2. The van der Waals surface area contributed by atoms with Gasteiger partial charge < -0.3 is 0 Å². The van der Waals surface area contributed by atoms with E-state index in [1.54, 1.807) is 0 Å². The molecule has 4 aromatic carbocycles. The number of ketones is 2. The van der Waals surface area contributed by atoms with Crippen molar-refractivity contribution in [1.29, 1.82) is 0 Å². The molecule has 0 amide bonds. The van der Waals surface area contributed by atoms with Crippen molar-refractivity contribution in [2.45, 2.75) is 0 Å². The van der Waals surface area contributed by atoms with Crippen molar-refractivity contribution < 1.29 is 9.59 Å². The minimum Gasteiger partial charge on any atom is -0.285 e. The molecule has 0 unspecified atom stereocenters. The van der Waals surface area contributed by atoms with Gasteiger partial charge in [-0.25, -0.2) is 0 Å². The number of rotatable bonds is 2. The first-order valence-corrected chi connectivity index (χ1v) is 9.21. The molecule has 28 heavy (non-hydrogen) atoms. The van der Waals surface area contributed by atoms with E-state index in [0.717, 1.165) is 33.4 Å². The van der Waals surface area contributed by atoms with E-state index in [1.807, 2.05) is 97.1 Å². The van der Waals surface area contributed by atoms with Crippen LogP contribution in [0.4, 0.5) is 0 Å². The van der Waals surface area contributed by atoms with E-state index in [1.165, 1.54) is 0 Å². The summed E-state index contributed by atoms with van der Waals surface area (Å²) in [7, 11) is 0. The summed E-state index contributed by atoms with van der Waals surface area (Å²) < 4.78 is 0. The van der Waals surface area contributed by atoms with E-state index in [9.17, 15) is 9.59 Å². The van der Waals surface area contributed by atoms with Gasteiger partial charge in [0.1, 0.15) is 0 Å². The van der Waals surface area contributed by atoms with Crippen molar-refractivity contribution in [3.63, 3.8) is 0 Å². The lowest BCUT2D eigenvalue weighted by Gasteiger charge is -2.20. The zero-order valence-corrected chi connectivity index (χ0v) is 15.1. The van der Waals surface area contributed by atoms with Crippen molar-refractivity contribution in [3.05, 3.63) is 108 Å². The predicted molar refractivity (Wildman–Crippen MR) is 111 cm³/mol. The number of Topliss-reactive ketones (excluding diaryl/α,β-unsaturated/α-hetero) is 2. The Balaban J connectivity index is 1.66. The monoisotopic (exact) mass is 360 g/mol. The third-order valence-electron chi connectivity index (χ3n) is 5.24. The van der Waals surface area contributed by atoms with Gasteiger partial charge in [0.15, 0.2) is 0 Å². The molecule has 5 rings (SSSR count). The Hall–Kier alpha value is -3.78. The molecule has 2 nitrogen and oxygen atoms in total. The molecule has 0 atom stereocenters. The van der Waals surface area contributed by atoms with Gasteiger partial charge in [-0.15, -0.1) is 0 Å². The molecular formula is C26H16O2. The van der Waals surface area contributed by atoms with Crippen molar-refractivity contribution in [2.24, 2.45) is 0 Å². The van der Waals surface area contributed by atoms with Crippen LogP contribution in [0.25, 0.3) is 33.4 Å². The maximum absolute atomic E-state index is 12.9. The van der Waals surface area contributed by atoms with Crippen LogP contribution in [0, 0.1) is 0 Å². The van der Waals surface area contributed by atoms with Crippen LogP contribution in [0.3, 0.4) is 0 Å². The fourth-order valence-corrected chi connectivity index (χ4v) is 3.80. The van der Waals surface area contributed by atoms with Crippen molar-refractivity contribution in [2.75, 3.05) is 0 Å². The van der Waals surface area contributed by atoms with E-state index < -0.39 is 11.6 Å². The van der Waals surface area contributed by atoms with E-state index >= 15 is 0 Å². The first-order chi connectivity index (χ1) is 13.7. The minimum atomic E-state index is -0.439. The molecule has 0 radical (unpaired) electrons. The van der Waals surface area contributed by atoms with E-state index in [4.69, 9.17) is 0 Å². The first kappa shape index (κ1) is 16.4. The van der Waals surface area contributed by atoms with Gasteiger partial charge in [0.05, 0.1) is 0 Å². The van der Waals surface area contributed by atoms with E-state index in [2.05, 4.69) is 0 Å². The molecule has 0 aromatic heterocycles. The topological polar surface area (TPSA) is 34.1 Å². The molecule has 0 heterocycles. The molecular weight excluding hydrogens is 344 g/mol. The van der Waals surface area contributed by atoms with Crippen LogP contribution in [0.2, 0.25) is 0 Å². The van der Waals surface area contributed by atoms with Gasteiger partial charge in [0.25, 0.3) is 0 Å². The second-order valence-corrected chi connectivity index (χ2v) is 6.91. The average molecular weight is 360 g/mol. The maximum Gasteiger partial charge on any atom is 0.234 e. The molecule has 2 heteroatoms. The van der Waals surface area contributed by atoms with E-state index in [-0.39, 0.29) is 0 Å². The highest BCUT2D eigenvalue weighted by Crippen LogP contribution is 2.37. The van der Waals surface area contributed by atoms with Gasteiger partial charge in [0.2, 0.25) is 11.6 Å². The van der Waals surface area contributed by atoms with Gasteiger partial charge in [-0.1, -0.05) is 84.9 Å². The smallest absolute Gasteiger partial charge is 0.234 e. The molecule has 0 bridgehead atoms. The van der Waals surface area contributed by atoms with E-state index in [0.29, 0.717) is 11.1 Å². The first-order valence-electron chi connectivity index (χ1n) is 9.21. The normalized spacial score (nSPS) is 12.4. The SMILES string of the molecule is O=C1C(=O)c2cc(-c3ccccc3)ccc2-c2ccc(-c3ccccc3)cc21. The predicted octanol–water partition coefficient (Wildman–Crippen LogP) is 6.07. The van der Waals surface area contributed by atoms with Crippen molar-refractivity contribution >= 4 is 11.6 Å². The fraction of sp³-hybridized carbons (Fsp3) is 0. The van der Waals surface area contributed by atoms with Gasteiger partial charge in [-0.05, 0) is 45.5 Å². The van der Waals surface area contributed by atoms with Gasteiger partial charge in [-0.3, -0.25) is 9.59 Å². The van der Waals surface area contributed by atoms with Crippen molar-refractivity contribution in [1.82, 2.24) is 0 Å².